The Morgan fingerprint density at radius 3 is 2.76 bits per heavy atom. The maximum absolute atomic E-state index is 6.47. The van der Waals surface area contributed by atoms with E-state index in [0.717, 1.165) is 29.0 Å². The van der Waals surface area contributed by atoms with Gasteiger partial charge in [0.2, 0.25) is 6.23 Å². The molecule has 7 heteroatoms. The highest BCUT2D eigenvalue weighted by Gasteiger charge is 2.41. The Bertz CT molecular complexity index is 1080. The number of halogens is 1. The van der Waals surface area contributed by atoms with Gasteiger partial charge in [0.05, 0.1) is 35.9 Å². The Morgan fingerprint density at radius 1 is 1.14 bits per heavy atom. The molecule has 3 aromatic rings. The van der Waals surface area contributed by atoms with Gasteiger partial charge in [-0.25, -0.2) is 5.01 Å². The molecule has 0 amide bonds. The van der Waals surface area contributed by atoms with Crippen LogP contribution in [0.15, 0.2) is 59.0 Å². The third kappa shape index (κ3) is 3.03. The van der Waals surface area contributed by atoms with E-state index in [1.807, 2.05) is 35.3 Å². The van der Waals surface area contributed by atoms with E-state index in [2.05, 4.69) is 23.6 Å². The van der Waals surface area contributed by atoms with Gasteiger partial charge in [-0.15, -0.1) is 11.3 Å². The number of ether oxygens (including phenoxy) is 3. The van der Waals surface area contributed by atoms with Gasteiger partial charge in [-0.2, -0.15) is 5.10 Å². The van der Waals surface area contributed by atoms with E-state index >= 15 is 0 Å². The predicted molar refractivity (Wildman–Crippen MR) is 114 cm³/mol. The Hall–Kier alpha value is -2.70. The maximum Gasteiger partial charge on any atom is 0.214 e. The van der Waals surface area contributed by atoms with Crippen molar-refractivity contribution in [3.8, 4) is 17.2 Å². The fourth-order valence-corrected chi connectivity index (χ4v) is 4.94. The van der Waals surface area contributed by atoms with Crippen LogP contribution in [0.1, 0.15) is 34.7 Å². The first-order chi connectivity index (χ1) is 14.2. The number of rotatable bonds is 4. The molecule has 2 aliphatic heterocycles. The molecule has 0 aliphatic carbocycles. The summed E-state index contributed by atoms with van der Waals surface area (Å²) in [6.45, 7) is 0. The highest BCUT2D eigenvalue weighted by Crippen LogP contribution is 2.49. The van der Waals surface area contributed by atoms with Crippen LogP contribution in [0.2, 0.25) is 5.02 Å². The standard InChI is InChI=1S/C22H19ClN2O3S/c1-26-19-11-13(10-15(23)21(19)27-2)22-25-17(14-6-3-4-7-18(14)28-22)12-16(24-25)20-8-5-9-29-20/h3-11,17,22H,12H2,1-2H3/t17-,22+/m0/s1. The molecule has 5 rings (SSSR count). The molecule has 0 unspecified atom stereocenters. The van der Waals surface area contributed by atoms with Gasteiger partial charge in [-0.3, -0.25) is 0 Å². The molecule has 2 atom stereocenters. The normalized spacial score (nSPS) is 19.8. The number of hydrogen-bond acceptors (Lipinski definition) is 6. The van der Waals surface area contributed by atoms with Crippen LogP contribution in [0, 0.1) is 0 Å². The summed E-state index contributed by atoms with van der Waals surface area (Å²) in [5.74, 6) is 1.94. The second-order valence-electron chi connectivity index (χ2n) is 6.87. The lowest BCUT2D eigenvalue weighted by Gasteiger charge is -2.38. The van der Waals surface area contributed by atoms with Gasteiger partial charge >= 0.3 is 0 Å². The summed E-state index contributed by atoms with van der Waals surface area (Å²) >= 11 is 8.17. The van der Waals surface area contributed by atoms with E-state index in [-0.39, 0.29) is 6.04 Å². The fourth-order valence-electron chi connectivity index (χ4n) is 3.93. The monoisotopic (exact) mass is 426 g/mol. The predicted octanol–water partition coefficient (Wildman–Crippen LogP) is 5.66. The lowest BCUT2D eigenvalue weighted by Crippen LogP contribution is -2.33. The number of fused-ring (bicyclic) bond motifs is 3. The molecule has 0 radical (unpaired) electrons. The second kappa shape index (κ2) is 7.28. The van der Waals surface area contributed by atoms with Gasteiger partial charge in [-0.1, -0.05) is 35.9 Å². The van der Waals surface area contributed by atoms with Crippen molar-refractivity contribution in [3.63, 3.8) is 0 Å². The zero-order valence-corrected chi connectivity index (χ0v) is 17.5. The summed E-state index contributed by atoms with van der Waals surface area (Å²) < 4.78 is 17.3. The third-order valence-electron chi connectivity index (χ3n) is 5.25. The Balaban J connectivity index is 1.62. The molecule has 0 saturated carbocycles. The van der Waals surface area contributed by atoms with Crippen molar-refractivity contribution in [2.24, 2.45) is 5.10 Å². The van der Waals surface area contributed by atoms with Crippen molar-refractivity contribution in [2.45, 2.75) is 18.7 Å². The van der Waals surface area contributed by atoms with Gasteiger partial charge in [0, 0.05) is 17.5 Å². The first kappa shape index (κ1) is 18.3. The third-order valence-corrected chi connectivity index (χ3v) is 6.45. The Morgan fingerprint density at radius 2 is 2.00 bits per heavy atom. The molecule has 0 bridgehead atoms. The maximum atomic E-state index is 6.47. The molecule has 3 heterocycles. The van der Waals surface area contributed by atoms with Crippen LogP contribution >= 0.6 is 22.9 Å². The van der Waals surface area contributed by atoms with Crippen molar-refractivity contribution >= 4 is 28.6 Å². The van der Waals surface area contributed by atoms with Crippen molar-refractivity contribution in [3.05, 3.63) is 74.9 Å². The van der Waals surface area contributed by atoms with Crippen molar-refractivity contribution in [2.75, 3.05) is 14.2 Å². The summed E-state index contributed by atoms with van der Waals surface area (Å²) in [5.41, 5.74) is 3.08. The Labute approximate surface area is 178 Å². The smallest absolute Gasteiger partial charge is 0.214 e. The van der Waals surface area contributed by atoms with Gasteiger partial charge in [-0.05, 0) is 29.6 Å². The number of methoxy groups -OCH3 is 2. The number of benzene rings is 2. The average molecular weight is 427 g/mol. The number of hydrazone groups is 1. The molecule has 2 aromatic carbocycles. The quantitative estimate of drug-likeness (QED) is 0.539. The van der Waals surface area contributed by atoms with Crippen LogP contribution in [0.25, 0.3) is 0 Å². The van der Waals surface area contributed by atoms with E-state index in [0.29, 0.717) is 16.5 Å². The highest BCUT2D eigenvalue weighted by atomic mass is 35.5. The minimum absolute atomic E-state index is 0.105. The van der Waals surface area contributed by atoms with Crippen LogP contribution < -0.4 is 14.2 Å². The van der Waals surface area contributed by atoms with Crippen molar-refractivity contribution in [1.29, 1.82) is 0 Å². The first-order valence-electron chi connectivity index (χ1n) is 9.26. The second-order valence-corrected chi connectivity index (χ2v) is 8.23. The molecule has 0 fully saturated rings. The van der Waals surface area contributed by atoms with Crippen LogP contribution in [0.4, 0.5) is 0 Å². The molecule has 2 aliphatic rings. The lowest BCUT2D eigenvalue weighted by molar-refractivity contribution is -0.0191. The van der Waals surface area contributed by atoms with Crippen molar-refractivity contribution < 1.29 is 14.2 Å². The molecule has 0 spiro atoms. The van der Waals surface area contributed by atoms with Crippen molar-refractivity contribution in [1.82, 2.24) is 5.01 Å². The van der Waals surface area contributed by atoms with Gasteiger partial charge < -0.3 is 14.2 Å². The number of thiophene rings is 1. The Kier molecular flexibility index (Phi) is 4.60. The van der Waals surface area contributed by atoms with Crippen LogP contribution in [0.3, 0.4) is 0 Å². The van der Waals surface area contributed by atoms with Gasteiger partial charge in [0.25, 0.3) is 0 Å². The molecular weight excluding hydrogens is 408 g/mol. The number of para-hydroxylation sites is 1. The summed E-state index contributed by atoms with van der Waals surface area (Å²) in [6, 6.07) is 16.2. The zero-order valence-electron chi connectivity index (χ0n) is 16.0. The highest BCUT2D eigenvalue weighted by molar-refractivity contribution is 7.12. The summed E-state index contributed by atoms with van der Waals surface area (Å²) in [4.78, 5) is 1.18. The number of nitrogens with zero attached hydrogens (tertiary/aromatic N) is 2. The van der Waals surface area contributed by atoms with E-state index in [1.54, 1.807) is 25.6 Å². The topological polar surface area (TPSA) is 43.3 Å². The molecule has 148 valence electrons. The van der Waals surface area contributed by atoms with Gasteiger partial charge in [0.15, 0.2) is 11.5 Å². The summed E-state index contributed by atoms with van der Waals surface area (Å²) in [5, 5.41) is 9.54. The molecular formula is C22H19ClN2O3S. The minimum atomic E-state index is -0.412. The number of hydrogen-bond donors (Lipinski definition) is 0. The minimum Gasteiger partial charge on any atom is -0.493 e. The zero-order chi connectivity index (χ0) is 20.0. The van der Waals surface area contributed by atoms with Crippen LogP contribution in [-0.4, -0.2) is 24.9 Å². The van der Waals surface area contributed by atoms with Gasteiger partial charge in [0.1, 0.15) is 5.75 Å². The lowest BCUT2D eigenvalue weighted by atomic mass is 9.97. The summed E-state index contributed by atoms with van der Waals surface area (Å²) in [6.07, 6.45) is 0.419. The van der Waals surface area contributed by atoms with E-state index < -0.39 is 6.23 Å². The largest absolute Gasteiger partial charge is 0.493 e. The molecule has 1 aromatic heterocycles. The molecule has 0 saturated heterocycles. The van der Waals surface area contributed by atoms with Crippen LogP contribution in [-0.2, 0) is 0 Å². The first-order valence-corrected chi connectivity index (χ1v) is 10.5. The van der Waals surface area contributed by atoms with Crippen LogP contribution in [0.5, 0.6) is 17.2 Å². The fraction of sp³-hybridized carbons (Fsp3) is 0.227. The van der Waals surface area contributed by atoms with E-state index in [1.165, 1.54) is 4.88 Å². The molecule has 5 nitrogen and oxygen atoms in total. The molecule has 29 heavy (non-hydrogen) atoms. The van der Waals surface area contributed by atoms with E-state index in [9.17, 15) is 0 Å². The molecule has 0 N–H and O–H groups in total. The average Bonchev–Trinajstić information content (AvgIpc) is 3.42. The van der Waals surface area contributed by atoms with E-state index in [4.69, 9.17) is 30.9 Å². The summed E-state index contributed by atoms with van der Waals surface area (Å²) in [7, 11) is 3.17. The SMILES string of the molecule is COc1cc([C@H]2Oc3ccccc3[C@@H]3CC(c4cccs4)=NN23)cc(Cl)c1OC.